The van der Waals surface area contributed by atoms with Gasteiger partial charge in [-0.25, -0.2) is 14.8 Å². The Morgan fingerprint density at radius 1 is 0.939 bits per heavy atom. The first-order chi connectivity index (χ1) is 15.8. The molecule has 2 heterocycles. The Hall–Kier alpha value is -4.05. The highest BCUT2D eigenvalue weighted by molar-refractivity contribution is 6.31. The summed E-state index contributed by atoms with van der Waals surface area (Å²) in [6.45, 7) is 0. The number of alkyl halides is 3. The molecule has 0 spiro atoms. The molecule has 4 aromatic rings. The van der Waals surface area contributed by atoms with Gasteiger partial charge in [-0.05, 0) is 60.7 Å². The molecular weight excluding hydrogens is 457 g/mol. The molecule has 0 fully saturated rings. The van der Waals surface area contributed by atoms with Crippen LogP contribution in [0.5, 0.6) is 0 Å². The van der Waals surface area contributed by atoms with E-state index in [-0.39, 0.29) is 5.69 Å². The van der Waals surface area contributed by atoms with E-state index in [0.717, 1.165) is 23.5 Å². The number of H-pyrrole nitrogens is 1. The molecule has 7 nitrogen and oxygen atoms in total. The van der Waals surface area contributed by atoms with Gasteiger partial charge < -0.3 is 20.9 Å². The Bertz CT molecular complexity index is 1260. The molecule has 4 rings (SSSR count). The van der Waals surface area contributed by atoms with E-state index in [1.807, 2.05) is 12.1 Å². The molecule has 0 bridgehead atoms. The molecule has 2 amide bonds. The molecule has 2 aromatic carbocycles. The molecule has 0 aliphatic heterocycles. The fourth-order valence-corrected chi connectivity index (χ4v) is 3.16. The number of aromatic nitrogens is 3. The Labute approximate surface area is 191 Å². The maximum absolute atomic E-state index is 13.0. The van der Waals surface area contributed by atoms with Gasteiger partial charge in [-0.2, -0.15) is 13.2 Å². The lowest BCUT2D eigenvalue weighted by Crippen LogP contribution is -2.19. The van der Waals surface area contributed by atoms with Crippen LogP contribution in [-0.2, 0) is 6.18 Å². The summed E-state index contributed by atoms with van der Waals surface area (Å²) in [6, 6.07) is 14.6. The third kappa shape index (κ3) is 5.60. The zero-order chi connectivity index (χ0) is 23.4. The van der Waals surface area contributed by atoms with E-state index >= 15 is 0 Å². The molecule has 4 N–H and O–H groups in total. The number of hydrogen-bond donors (Lipinski definition) is 4. The fraction of sp³-hybridized carbons (Fsp3) is 0.0455. The van der Waals surface area contributed by atoms with Crippen molar-refractivity contribution in [3.8, 4) is 11.4 Å². The summed E-state index contributed by atoms with van der Waals surface area (Å²) < 4.78 is 38.9. The molecule has 168 valence electrons. The number of carbonyl (C=O) groups excluding carboxylic acids is 1. The van der Waals surface area contributed by atoms with Crippen LogP contribution in [0.3, 0.4) is 0 Å². The van der Waals surface area contributed by atoms with Crippen molar-refractivity contribution in [3.63, 3.8) is 0 Å². The van der Waals surface area contributed by atoms with Gasteiger partial charge >= 0.3 is 12.2 Å². The molecule has 0 saturated heterocycles. The van der Waals surface area contributed by atoms with Crippen molar-refractivity contribution in [1.82, 2.24) is 15.0 Å². The second kappa shape index (κ2) is 9.21. The van der Waals surface area contributed by atoms with Crippen molar-refractivity contribution in [3.05, 3.63) is 83.6 Å². The summed E-state index contributed by atoms with van der Waals surface area (Å²) in [6.07, 6.45) is -1.19. The number of hydrogen-bond acceptors (Lipinski definition) is 4. The maximum atomic E-state index is 13.0. The highest BCUT2D eigenvalue weighted by atomic mass is 35.5. The lowest BCUT2D eigenvalue weighted by atomic mass is 10.2. The van der Waals surface area contributed by atoms with Gasteiger partial charge in [0.1, 0.15) is 0 Å². The van der Waals surface area contributed by atoms with Gasteiger partial charge in [-0.3, -0.25) is 0 Å². The van der Waals surface area contributed by atoms with Crippen LogP contribution in [0, 0.1) is 0 Å². The summed E-state index contributed by atoms with van der Waals surface area (Å²) >= 11 is 5.59. The van der Waals surface area contributed by atoms with Gasteiger partial charge in [-0.1, -0.05) is 11.6 Å². The third-order valence-corrected chi connectivity index (χ3v) is 4.79. The van der Waals surface area contributed by atoms with Crippen LogP contribution in [0.1, 0.15) is 5.56 Å². The highest BCUT2D eigenvalue weighted by Gasteiger charge is 2.33. The van der Waals surface area contributed by atoms with E-state index in [0.29, 0.717) is 17.3 Å². The molecule has 0 aliphatic carbocycles. The Morgan fingerprint density at radius 3 is 2.33 bits per heavy atom. The first-order valence-corrected chi connectivity index (χ1v) is 9.94. The fourth-order valence-electron chi connectivity index (χ4n) is 2.94. The second-order valence-electron chi connectivity index (χ2n) is 6.82. The van der Waals surface area contributed by atoms with Crippen molar-refractivity contribution in [2.75, 3.05) is 16.0 Å². The number of anilines is 4. The molecule has 11 heteroatoms. The summed E-state index contributed by atoms with van der Waals surface area (Å²) in [4.78, 5) is 23.9. The first kappa shape index (κ1) is 22.2. The summed E-state index contributed by atoms with van der Waals surface area (Å²) in [5.74, 6) is 0.392. The largest absolute Gasteiger partial charge is 0.417 e. The van der Waals surface area contributed by atoms with Crippen LogP contribution >= 0.6 is 11.6 Å². The van der Waals surface area contributed by atoms with Crippen molar-refractivity contribution in [2.24, 2.45) is 0 Å². The van der Waals surface area contributed by atoms with Gasteiger partial charge in [0.2, 0.25) is 5.95 Å². The standard InChI is InChI=1S/C22H16ClF3N6O/c23-17-8-7-15(12-16(17)22(24,25)26)31-21(33)30-14-5-3-13(4-6-14)29-20-28-11-9-19(32-20)18-2-1-10-27-18/h1-12,27H,(H,28,29,32)(H2,30,31,33). The number of halogens is 4. The minimum Gasteiger partial charge on any atom is -0.360 e. The average molecular weight is 473 g/mol. The van der Waals surface area contributed by atoms with E-state index in [2.05, 4.69) is 30.9 Å². The van der Waals surface area contributed by atoms with Crippen LogP contribution in [0.25, 0.3) is 11.4 Å². The summed E-state index contributed by atoms with van der Waals surface area (Å²) in [7, 11) is 0. The lowest BCUT2D eigenvalue weighted by molar-refractivity contribution is -0.137. The van der Waals surface area contributed by atoms with E-state index in [1.54, 1.807) is 42.7 Å². The zero-order valence-electron chi connectivity index (χ0n) is 16.7. The molecule has 0 aliphatic rings. The number of urea groups is 1. The second-order valence-corrected chi connectivity index (χ2v) is 7.23. The maximum Gasteiger partial charge on any atom is 0.417 e. The van der Waals surface area contributed by atoms with Crippen LogP contribution in [0.2, 0.25) is 5.02 Å². The van der Waals surface area contributed by atoms with E-state index in [9.17, 15) is 18.0 Å². The van der Waals surface area contributed by atoms with Crippen molar-refractivity contribution < 1.29 is 18.0 Å². The molecule has 33 heavy (non-hydrogen) atoms. The molecular formula is C22H16ClF3N6O. The number of amides is 2. The first-order valence-electron chi connectivity index (χ1n) is 9.56. The average Bonchev–Trinajstić information content (AvgIpc) is 3.31. The van der Waals surface area contributed by atoms with Crippen LogP contribution in [-0.4, -0.2) is 21.0 Å². The minimum atomic E-state index is -4.63. The van der Waals surface area contributed by atoms with Crippen molar-refractivity contribution in [2.45, 2.75) is 6.18 Å². The monoisotopic (exact) mass is 472 g/mol. The number of carbonyl (C=O) groups is 1. The number of rotatable bonds is 5. The van der Waals surface area contributed by atoms with Gasteiger partial charge in [0.15, 0.2) is 0 Å². The zero-order valence-corrected chi connectivity index (χ0v) is 17.5. The molecule has 2 aromatic heterocycles. The number of aromatic amines is 1. The molecule has 0 radical (unpaired) electrons. The van der Waals surface area contributed by atoms with Crippen LogP contribution in [0.15, 0.2) is 73.1 Å². The number of benzene rings is 2. The van der Waals surface area contributed by atoms with E-state index in [4.69, 9.17) is 11.6 Å². The molecule has 0 saturated carbocycles. The van der Waals surface area contributed by atoms with Crippen molar-refractivity contribution in [1.29, 1.82) is 0 Å². The number of nitrogens with one attached hydrogen (secondary N) is 4. The van der Waals surface area contributed by atoms with Gasteiger partial charge in [0.25, 0.3) is 0 Å². The van der Waals surface area contributed by atoms with Crippen molar-refractivity contribution >= 4 is 40.6 Å². The summed E-state index contributed by atoms with van der Waals surface area (Å²) in [5, 5.41) is 7.53. The Morgan fingerprint density at radius 2 is 1.64 bits per heavy atom. The minimum absolute atomic E-state index is 0.0402. The van der Waals surface area contributed by atoms with Gasteiger partial charge in [-0.15, -0.1) is 0 Å². The van der Waals surface area contributed by atoms with E-state index in [1.165, 1.54) is 6.07 Å². The Balaban J connectivity index is 1.38. The lowest BCUT2D eigenvalue weighted by Gasteiger charge is -2.12. The quantitative estimate of drug-likeness (QED) is 0.265. The number of nitrogens with zero attached hydrogens (tertiary/aromatic N) is 2. The van der Waals surface area contributed by atoms with Gasteiger partial charge in [0, 0.05) is 29.5 Å². The predicted octanol–water partition coefficient (Wildman–Crippen LogP) is 6.53. The van der Waals surface area contributed by atoms with E-state index < -0.39 is 22.8 Å². The van der Waals surface area contributed by atoms with Crippen LogP contribution in [0.4, 0.5) is 41.0 Å². The predicted molar refractivity (Wildman–Crippen MR) is 121 cm³/mol. The normalized spacial score (nSPS) is 11.2. The topological polar surface area (TPSA) is 94.7 Å². The van der Waals surface area contributed by atoms with Crippen LogP contribution < -0.4 is 16.0 Å². The molecule has 0 atom stereocenters. The highest BCUT2D eigenvalue weighted by Crippen LogP contribution is 2.36. The summed E-state index contributed by atoms with van der Waals surface area (Å²) in [5.41, 5.74) is 1.63. The SMILES string of the molecule is O=C(Nc1ccc(Nc2nccc(-c3ccc[nH]3)n2)cc1)Nc1ccc(Cl)c(C(F)(F)F)c1. The smallest absolute Gasteiger partial charge is 0.360 e. The third-order valence-electron chi connectivity index (χ3n) is 4.46. The molecule has 0 unspecified atom stereocenters. The van der Waals surface area contributed by atoms with Gasteiger partial charge in [0.05, 0.1) is 22.0 Å². The Kier molecular flexibility index (Phi) is 6.18.